The van der Waals surface area contributed by atoms with Gasteiger partial charge in [0.1, 0.15) is 11.9 Å². The number of rotatable bonds is 2. The molecule has 0 aliphatic carbocycles. The molecule has 1 aromatic carbocycles. The van der Waals surface area contributed by atoms with Crippen LogP contribution in [0.15, 0.2) is 23.3 Å². The Balaban J connectivity index is 2.10. The average molecular weight is 235 g/mol. The second-order valence-corrected chi connectivity index (χ2v) is 4.17. The van der Waals surface area contributed by atoms with Crippen molar-refractivity contribution in [3.63, 3.8) is 0 Å². The number of fused-ring (bicyclic) bond motifs is 1. The summed E-state index contributed by atoms with van der Waals surface area (Å²) in [7, 11) is 0. The molecule has 0 fully saturated rings. The van der Waals surface area contributed by atoms with Crippen LogP contribution in [0.3, 0.4) is 0 Å². The zero-order chi connectivity index (χ0) is 11.5. The lowest BCUT2D eigenvalue weighted by molar-refractivity contribution is 0.254. The smallest absolute Gasteiger partial charge is 0.184 e. The molecule has 5 heteroatoms. The first-order valence-electron chi connectivity index (χ1n) is 5.03. The Labute approximate surface area is 99.5 Å². The zero-order valence-corrected chi connectivity index (χ0v) is 9.75. The number of hydrazone groups is 1. The molecule has 4 nitrogen and oxygen atoms in total. The first-order valence-corrected chi connectivity index (χ1v) is 5.44. The van der Waals surface area contributed by atoms with E-state index in [0.29, 0.717) is 0 Å². The molecule has 3 N–H and O–H groups in total. The predicted octanol–water partition coefficient (Wildman–Crippen LogP) is 1.18. The lowest BCUT2D eigenvalue weighted by Gasteiger charge is -2.01. The Morgan fingerprint density at radius 2 is 2.50 bits per heavy atom. The SMILES string of the molecule is CC1Cc2cc(C=NNC(N)=S)ccc2O1. The van der Waals surface area contributed by atoms with E-state index in [2.05, 4.69) is 35.7 Å². The van der Waals surface area contributed by atoms with Crippen LogP contribution in [-0.4, -0.2) is 17.4 Å². The monoisotopic (exact) mass is 235 g/mol. The maximum absolute atomic E-state index is 5.60. The van der Waals surface area contributed by atoms with Crippen molar-refractivity contribution in [3.8, 4) is 5.75 Å². The number of nitrogens with one attached hydrogen (secondary N) is 1. The van der Waals surface area contributed by atoms with Gasteiger partial charge >= 0.3 is 0 Å². The Morgan fingerprint density at radius 3 is 3.25 bits per heavy atom. The van der Waals surface area contributed by atoms with E-state index in [0.717, 1.165) is 17.7 Å². The molecule has 16 heavy (non-hydrogen) atoms. The van der Waals surface area contributed by atoms with Crippen molar-refractivity contribution in [2.24, 2.45) is 10.8 Å². The van der Waals surface area contributed by atoms with Crippen molar-refractivity contribution in [3.05, 3.63) is 29.3 Å². The third kappa shape index (κ3) is 2.49. The Hall–Kier alpha value is -1.62. The van der Waals surface area contributed by atoms with E-state index in [1.165, 1.54) is 5.56 Å². The molecule has 84 valence electrons. The third-order valence-corrected chi connectivity index (χ3v) is 2.40. The molecule has 1 atom stereocenters. The van der Waals surface area contributed by atoms with Gasteiger partial charge in [-0.15, -0.1) is 0 Å². The van der Waals surface area contributed by atoms with Crippen molar-refractivity contribution in [1.82, 2.24) is 5.43 Å². The largest absolute Gasteiger partial charge is 0.490 e. The van der Waals surface area contributed by atoms with Crippen LogP contribution in [0.2, 0.25) is 0 Å². The molecular weight excluding hydrogens is 222 g/mol. The molecule has 0 saturated heterocycles. The van der Waals surface area contributed by atoms with Crippen molar-refractivity contribution < 1.29 is 4.74 Å². The molecule has 0 aromatic heterocycles. The minimum absolute atomic E-state index is 0.161. The van der Waals surface area contributed by atoms with Crippen molar-refractivity contribution in [1.29, 1.82) is 0 Å². The normalized spacial score (nSPS) is 18.2. The van der Waals surface area contributed by atoms with Gasteiger partial charge in [-0.3, -0.25) is 5.43 Å². The minimum Gasteiger partial charge on any atom is -0.490 e. The maximum atomic E-state index is 5.60. The lowest BCUT2D eigenvalue weighted by atomic mass is 10.1. The second-order valence-electron chi connectivity index (χ2n) is 3.73. The summed E-state index contributed by atoms with van der Waals surface area (Å²) in [6, 6.07) is 5.96. The van der Waals surface area contributed by atoms with Crippen molar-refractivity contribution >= 4 is 23.5 Å². The fourth-order valence-corrected chi connectivity index (χ4v) is 1.75. The van der Waals surface area contributed by atoms with Crippen LogP contribution in [0.1, 0.15) is 18.1 Å². The first-order chi connectivity index (χ1) is 7.65. The predicted molar refractivity (Wildman–Crippen MR) is 67.8 cm³/mol. The van der Waals surface area contributed by atoms with Crippen molar-refractivity contribution in [2.75, 3.05) is 0 Å². The number of nitrogens with two attached hydrogens (primary N) is 1. The molecule has 0 saturated carbocycles. The topological polar surface area (TPSA) is 59.6 Å². The summed E-state index contributed by atoms with van der Waals surface area (Å²) in [6.07, 6.45) is 2.89. The van der Waals surface area contributed by atoms with E-state index < -0.39 is 0 Å². The summed E-state index contributed by atoms with van der Waals surface area (Å²) in [5.74, 6) is 0.965. The third-order valence-electron chi connectivity index (χ3n) is 2.31. The summed E-state index contributed by atoms with van der Waals surface area (Å²) in [5.41, 5.74) is 9.98. The molecule has 0 spiro atoms. The van der Waals surface area contributed by atoms with Gasteiger partial charge in [0.05, 0.1) is 6.21 Å². The van der Waals surface area contributed by atoms with E-state index in [-0.39, 0.29) is 11.2 Å². The highest BCUT2D eigenvalue weighted by Crippen LogP contribution is 2.28. The fourth-order valence-electron chi connectivity index (χ4n) is 1.69. The molecular formula is C11H13N3OS. The van der Waals surface area contributed by atoms with Crippen molar-refractivity contribution in [2.45, 2.75) is 19.4 Å². The van der Waals surface area contributed by atoms with Gasteiger partial charge in [0.15, 0.2) is 5.11 Å². The molecule has 0 bridgehead atoms. The summed E-state index contributed by atoms with van der Waals surface area (Å²) in [6.45, 7) is 2.06. The number of hydrogen-bond donors (Lipinski definition) is 2. The van der Waals surface area contributed by atoms with Crippen LogP contribution >= 0.6 is 12.2 Å². The zero-order valence-electron chi connectivity index (χ0n) is 8.93. The molecule has 1 aliphatic heterocycles. The van der Waals surface area contributed by atoms with Crippen LogP contribution in [0.4, 0.5) is 0 Å². The number of benzene rings is 1. The van der Waals surface area contributed by atoms with Gasteiger partial charge < -0.3 is 10.5 Å². The van der Waals surface area contributed by atoms with E-state index in [1.54, 1.807) is 6.21 Å². The van der Waals surface area contributed by atoms with E-state index in [9.17, 15) is 0 Å². The summed E-state index contributed by atoms with van der Waals surface area (Å²) in [5, 5.41) is 4.07. The highest BCUT2D eigenvalue weighted by molar-refractivity contribution is 7.80. The molecule has 1 unspecified atom stereocenters. The quantitative estimate of drug-likeness (QED) is 0.459. The van der Waals surface area contributed by atoms with Gasteiger partial charge in [0, 0.05) is 6.42 Å². The highest BCUT2D eigenvalue weighted by Gasteiger charge is 2.18. The van der Waals surface area contributed by atoms with Gasteiger partial charge in [0.2, 0.25) is 0 Å². The summed E-state index contributed by atoms with van der Waals surface area (Å²) < 4.78 is 5.60. The summed E-state index contributed by atoms with van der Waals surface area (Å²) in [4.78, 5) is 0. The van der Waals surface area contributed by atoms with E-state index in [1.807, 2.05) is 12.1 Å². The number of thiocarbonyl (C=S) groups is 1. The van der Waals surface area contributed by atoms with Crippen LogP contribution in [0, 0.1) is 0 Å². The van der Waals surface area contributed by atoms with Gasteiger partial charge in [-0.2, -0.15) is 5.10 Å². The average Bonchev–Trinajstić information content (AvgIpc) is 2.56. The molecule has 1 heterocycles. The van der Waals surface area contributed by atoms with E-state index >= 15 is 0 Å². The molecule has 0 amide bonds. The van der Waals surface area contributed by atoms with Crippen LogP contribution in [0.5, 0.6) is 5.75 Å². The van der Waals surface area contributed by atoms with Crippen LogP contribution in [-0.2, 0) is 6.42 Å². The fraction of sp³-hybridized carbons (Fsp3) is 0.273. The van der Waals surface area contributed by atoms with Gasteiger partial charge in [-0.05, 0) is 48.5 Å². The number of hydrogen-bond acceptors (Lipinski definition) is 3. The van der Waals surface area contributed by atoms with E-state index in [4.69, 9.17) is 10.5 Å². The Bertz CT molecular complexity index is 445. The lowest BCUT2D eigenvalue weighted by Crippen LogP contribution is -2.23. The maximum Gasteiger partial charge on any atom is 0.184 e. The van der Waals surface area contributed by atoms with Crippen LogP contribution in [0.25, 0.3) is 0 Å². The summed E-state index contributed by atoms with van der Waals surface area (Å²) >= 11 is 4.64. The molecule has 1 aliphatic rings. The Morgan fingerprint density at radius 1 is 1.69 bits per heavy atom. The Kier molecular flexibility index (Phi) is 3.05. The first kappa shape index (κ1) is 10.9. The second kappa shape index (κ2) is 4.49. The number of ether oxygens (including phenoxy) is 1. The molecule has 1 aromatic rings. The highest BCUT2D eigenvalue weighted by atomic mass is 32.1. The van der Waals surface area contributed by atoms with Crippen LogP contribution < -0.4 is 15.9 Å². The standard InChI is InChI=1S/C11H13N3OS/c1-7-4-9-5-8(2-3-10(9)15-7)6-13-14-11(12)16/h2-3,5-7H,4H2,1H3,(H3,12,14,16). The van der Waals surface area contributed by atoms with Gasteiger partial charge in [0.25, 0.3) is 0 Å². The van der Waals surface area contributed by atoms with Gasteiger partial charge in [-0.25, -0.2) is 0 Å². The number of nitrogens with zero attached hydrogens (tertiary/aromatic N) is 1. The minimum atomic E-state index is 0.161. The molecule has 0 radical (unpaired) electrons. The van der Waals surface area contributed by atoms with Gasteiger partial charge in [-0.1, -0.05) is 0 Å². The molecule has 2 rings (SSSR count).